The summed E-state index contributed by atoms with van der Waals surface area (Å²) in [6.45, 7) is 0. The van der Waals surface area contributed by atoms with E-state index in [1.807, 2.05) is 0 Å². The van der Waals surface area contributed by atoms with Crippen molar-refractivity contribution >= 4 is 17.3 Å². The first-order chi connectivity index (χ1) is 7.02. The molecule has 0 bridgehead atoms. The summed E-state index contributed by atoms with van der Waals surface area (Å²) in [5.74, 6) is -0.964. The lowest BCUT2D eigenvalue weighted by Crippen LogP contribution is -1.96. The Kier molecular flexibility index (Phi) is 2.97. The lowest BCUT2D eigenvalue weighted by Gasteiger charge is -2.06. The highest BCUT2D eigenvalue weighted by Crippen LogP contribution is 2.43. The number of nitriles is 1. The lowest BCUT2D eigenvalue weighted by molar-refractivity contribution is -0.385. The summed E-state index contributed by atoms with van der Waals surface area (Å²) in [7, 11) is 1.16. The normalized spacial score (nSPS) is 9.40. The van der Waals surface area contributed by atoms with Gasteiger partial charge in [-0.15, -0.1) is 0 Å². The van der Waals surface area contributed by atoms with Crippen LogP contribution in [0.1, 0.15) is 5.56 Å². The van der Waals surface area contributed by atoms with Crippen LogP contribution >= 0.6 is 11.6 Å². The molecule has 6 nitrogen and oxygen atoms in total. The molecule has 1 N–H and O–H groups in total. The Labute approximate surface area is 89.4 Å². The van der Waals surface area contributed by atoms with E-state index >= 15 is 0 Å². The summed E-state index contributed by atoms with van der Waals surface area (Å²) in [5.41, 5.74) is -0.683. The van der Waals surface area contributed by atoms with E-state index in [1.165, 1.54) is 0 Å². The van der Waals surface area contributed by atoms with Gasteiger partial charge in [-0.25, -0.2) is 0 Å². The highest BCUT2D eigenvalue weighted by atomic mass is 35.5. The molecule has 0 aromatic heterocycles. The van der Waals surface area contributed by atoms with Gasteiger partial charge < -0.3 is 9.84 Å². The molecule has 0 aliphatic heterocycles. The molecular formula is C8H5ClN2O4. The number of ether oxygens (including phenoxy) is 1. The molecule has 0 saturated heterocycles. The molecule has 0 aliphatic rings. The lowest BCUT2D eigenvalue weighted by atomic mass is 10.2. The fourth-order valence-corrected chi connectivity index (χ4v) is 1.22. The van der Waals surface area contributed by atoms with Crippen molar-refractivity contribution in [2.24, 2.45) is 0 Å². The fraction of sp³-hybridized carbons (Fsp3) is 0.125. The van der Waals surface area contributed by atoms with Gasteiger partial charge in [0.25, 0.3) is 0 Å². The number of halogens is 1. The summed E-state index contributed by atoms with van der Waals surface area (Å²) in [6, 6.07) is 2.58. The molecule has 15 heavy (non-hydrogen) atoms. The monoisotopic (exact) mass is 228 g/mol. The first-order valence-corrected chi connectivity index (χ1v) is 4.04. The number of hydrogen-bond donors (Lipinski definition) is 1. The predicted octanol–water partition coefficient (Wildman–Crippen LogP) is 1.83. The molecule has 1 aromatic rings. The van der Waals surface area contributed by atoms with Gasteiger partial charge in [0.15, 0.2) is 5.75 Å². The smallest absolute Gasteiger partial charge is 0.316 e. The molecule has 0 amide bonds. The Morgan fingerprint density at radius 2 is 2.33 bits per heavy atom. The predicted molar refractivity (Wildman–Crippen MR) is 51.0 cm³/mol. The zero-order chi connectivity index (χ0) is 11.6. The van der Waals surface area contributed by atoms with Crippen LogP contribution in [0.25, 0.3) is 0 Å². The minimum Gasteiger partial charge on any atom is -0.503 e. The molecule has 0 radical (unpaired) electrons. The zero-order valence-electron chi connectivity index (χ0n) is 7.52. The van der Waals surface area contributed by atoms with Crippen LogP contribution in [-0.4, -0.2) is 17.1 Å². The Morgan fingerprint density at radius 1 is 1.73 bits per heavy atom. The molecule has 0 saturated carbocycles. The molecule has 0 spiro atoms. The average Bonchev–Trinajstić information content (AvgIpc) is 2.21. The molecule has 7 heteroatoms. The first kappa shape index (κ1) is 11.1. The van der Waals surface area contributed by atoms with Crippen molar-refractivity contribution in [1.82, 2.24) is 0 Å². The van der Waals surface area contributed by atoms with Gasteiger partial charge in [-0.1, -0.05) is 11.6 Å². The largest absolute Gasteiger partial charge is 0.503 e. The number of phenolic OH excluding ortho intramolecular Hbond substituents is 1. The summed E-state index contributed by atoms with van der Waals surface area (Å²) < 4.78 is 4.63. The van der Waals surface area contributed by atoms with Gasteiger partial charge >= 0.3 is 5.69 Å². The van der Waals surface area contributed by atoms with Gasteiger partial charge in [-0.3, -0.25) is 10.1 Å². The summed E-state index contributed by atoms with van der Waals surface area (Å²) in [4.78, 5) is 9.81. The van der Waals surface area contributed by atoms with Gasteiger partial charge in [-0.2, -0.15) is 5.26 Å². The van der Waals surface area contributed by atoms with Crippen LogP contribution in [0.3, 0.4) is 0 Å². The standard InChI is InChI=1S/C8H5ClN2O4/c1-15-8-5(11(13)14)2-4(3-10)6(9)7(8)12/h2,12H,1H3. The molecule has 0 unspecified atom stereocenters. The van der Waals surface area contributed by atoms with Crippen molar-refractivity contribution in [3.63, 3.8) is 0 Å². The van der Waals surface area contributed by atoms with E-state index in [9.17, 15) is 15.2 Å². The minimum absolute atomic E-state index is 0.179. The molecule has 1 aromatic carbocycles. The fourth-order valence-electron chi connectivity index (χ4n) is 1.03. The number of aromatic hydroxyl groups is 1. The van der Waals surface area contributed by atoms with Crippen molar-refractivity contribution in [3.8, 4) is 17.6 Å². The van der Waals surface area contributed by atoms with E-state index in [2.05, 4.69) is 4.74 Å². The highest BCUT2D eigenvalue weighted by Gasteiger charge is 2.24. The summed E-state index contributed by atoms with van der Waals surface area (Å²) in [6.07, 6.45) is 0. The number of nitro benzene ring substituents is 1. The van der Waals surface area contributed by atoms with Crippen LogP contribution < -0.4 is 4.74 Å². The number of nitro groups is 1. The third-order valence-electron chi connectivity index (χ3n) is 1.69. The van der Waals surface area contributed by atoms with Crippen LogP contribution in [0.4, 0.5) is 5.69 Å². The summed E-state index contributed by atoms with van der Waals surface area (Å²) in [5, 5.41) is 28.3. The van der Waals surface area contributed by atoms with Crippen molar-refractivity contribution in [2.45, 2.75) is 0 Å². The molecule has 78 valence electrons. The van der Waals surface area contributed by atoms with Crippen LogP contribution in [0.2, 0.25) is 5.02 Å². The maximum Gasteiger partial charge on any atom is 0.316 e. The Morgan fingerprint density at radius 3 is 2.73 bits per heavy atom. The van der Waals surface area contributed by atoms with E-state index in [0.717, 1.165) is 13.2 Å². The van der Waals surface area contributed by atoms with Crippen LogP contribution in [-0.2, 0) is 0 Å². The minimum atomic E-state index is -0.768. The van der Waals surface area contributed by atoms with Gasteiger partial charge in [0.2, 0.25) is 5.75 Å². The van der Waals surface area contributed by atoms with Crippen molar-refractivity contribution < 1.29 is 14.8 Å². The van der Waals surface area contributed by atoms with E-state index in [1.54, 1.807) is 6.07 Å². The van der Waals surface area contributed by atoms with E-state index < -0.39 is 16.4 Å². The average molecular weight is 229 g/mol. The topological polar surface area (TPSA) is 96.4 Å². The van der Waals surface area contributed by atoms with Crippen LogP contribution in [0, 0.1) is 21.4 Å². The SMILES string of the molecule is COc1c([N+](=O)[O-])cc(C#N)c(Cl)c1O. The van der Waals surface area contributed by atoms with Gasteiger partial charge in [0.1, 0.15) is 11.1 Å². The number of methoxy groups -OCH3 is 1. The Bertz CT molecular complexity index is 467. The van der Waals surface area contributed by atoms with Crippen LogP contribution in [0.5, 0.6) is 11.5 Å². The molecule has 0 atom stereocenters. The third kappa shape index (κ3) is 1.78. The van der Waals surface area contributed by atoms with Gasteiger partial charge in [0, 0.05) is 6.07 Å². The van der Waals surface area contributed by atoms with Gasteiger partial charge in [-0.05, 0) is 0 Å². The zero-order valence-corrected chi connectivity index (χ0v) is 8.28. The molecule has 0 heterocycles. The summed E-state index contributed by atoms with van der Waals surface area (Å²) >= 11 is 5.58. The Hall–Kier alpha value is -2.00. The first-order valence-electron chi connectivity index (χ1n) is 3.66. The molecule has 0 aliphatic carbocycles. The van der Waals surface area contributed by atoms with E-state index in [-0.39, 0.29) is 16.3 Å². The van der Waals surface area contributed by atoms with Crippen LogP contribution in [0.15, 0.2) is 6.07 Å². The number of rotatable bonds is 2. The molecule has 1 rings (SSSR count). The second-order valence-electron chi connectivity index (χ2n) is 2.51. The maximum absolute atomic E-state index is 10.6. The van der Waals surface area contributed by atoms with E-state index in [4.69, 9.17) is 16.9 Å². The van der Waals surface area contributed by atoms with Crippen molar-refractivity contribution in [3.05, 3.63) is 26.8 Å². The number of benzene rings is 1. The van der Waals surface area contributed by atoms with Crippen molar-refractivity contribution in [1.29, 1.82) is 5.26 Å². The number of nitrogens with zero attached hydrogens (tertiary/aromatic N) is 2. The van der Waals surface area contributed by atoms with Gasteiger partial charge in [0.05, 0.1) is 17.6 Å². The Balaban J connectivity index is 3.60. The third-order valence-corrected chi connectivity index (χ3v) is 2.08. The number of hydrogen-bond acceptors (Lipinski definition) is 5. The second-order valence-corrected chi connectivity index (χ2v) is 2.89. The molecule has 0 fully saturated rings. The van der Waals surface area contributed by atoms with E-state index in [0.29, 0.717) is 0 Å². The quantitative estimate of drug-likeness (QED) is 0.615. The number of phenols is 1. The second kappa shape index (κ2) is 4.02. The highest BCUT2D eigenvalue weighted by molar-refractivity contribution is 6.33. The maximum atomic E-state index is 10.6. The van der Waals surface area contributed by atoms with Crippen molar-refractivity contribution in [2.75, 3.05) is 7.11 Å². The molecular weight excluding hydrogens is 224 g/mol.